The van der Waals surface area contributed by atoms with Gasteiger partial charge in [-0.3, -0.25) is 14.8 Å². The fourth-order valence-electron chi connectivity index (χ4n) is 1.65. The molecule has 0 saturated heterocycles. The summed E-state index contributed by atoms with van der Waals surface area (Å²) in [6.45, 7) is 0. The summed E-state index contributed by atoms with van der Waals surface area (Å²) in [5.74, 6) is -0.960. The molecule has 2 N–H and O–H groups in total. The van der Waals surface area contributed by atoms with E-state index in [1.165, 1.54) is 33.0 Å². The molecular formula is C15H11BrIN3O3. The highest BCUT2D eigenvalue weighted by molar-refractivity contribution is 14.1. The standard InChI is InChI=1S/C15H11BrIN3O3/c16-13-7-1-10(2-8-13)9-18-20(17)15(22)12-5-3-11(4-6-12)14(21)19-23/h1-9,23H,(H,19,21)/b18-9+. The van der Waals surface area contributed by atoms with Gasteiger partial charge in [-0.2, -0.15) is 8.32 Å². The normalized spacial score (nSPS) is 10.6. The molecule has 0 saturated carbocycles. The van der Waals surface area contributed by atoms with Gasteiger partial charge in [0, 0.05) is 15.6 Å². The summed E-state index contributed by atoms with van der Waals surface area (Å²) in [5, 5.41) is 12.6. The lowest BCUT2D eigenvalue weighted by Gasteiger charge is -2.08. The van der Waals surface area contributed by atoms with Crippen molar-refractivity contribution in [1.82, 2.24) is 8.70 Å². The van der Waals surface area contributed by atoms with Gasteiger partial charge in [-0.25, -0.2) is 5.48 Å². The summed E-state index contributed by atoms with van der Waals surface area (Å²) in [5.41, 5.74) is 3.02. The first-order chi connectivity index (χ1) is 11.0. The van der Waals surface area contributed by atoms with E-state index in [1.54, 1.807) is 29.1 Å². The molecule has 0 aliphatic rings. The van der Waals surface area contributed by atoms with Crippen LogP contribution in [0.2, 0.25) is 0 Å². The maximum Gasteiger partial charge on any atom is 0.283 e. The second kappa shape index (κ2) is 8.18. The zero-order valence-electron chi connectivity index (χ0n) is 11.6. The predicted molar refractivity (Wildman–Crippen MR) is 97.6 cm³/mol. The molecule has 0 aliphatic heterocycles. The molecule has 8 heteroatoms. The van der Waals surface area contributed by atoms with Crippen molar-refractivity contribution in [2.45, 2.75) is 0 Å². The Bertz CT molecular complexity index is 733. The average molecular weight is 488 g/mol. The number of benzene rings is 2. The van der Waals surface area contributed by atoms with Crippen LogP contribution in [0.3, 0.4) is 0 Å². The van der Waals surface area contributed by atoms with Crippen molar-refractivity contribution in [1.29, 1.82) is 0 Å². The number of hydrazone groups is 1. The monoisotopic (exact) mass is 487 g/mol. The Labute approximate surface area is 154 Å². The number of hydrogen-bond acceptors (Lipinski definition) is 4. The lowest BCUT2D eigenvalue weighted by molar-refractivity contribution is 0.0706. The van der Waals surface area contributed by atoms with Crippen LogP contribution in [0.15, 0.2) is 58.1 Å². The van der Waals surface area contributed by atoms with E-state index in [-0.39, 0.29) is 11.5 Å². The number of nitrogens with zero attached hydrogens (tertiary/aromatic N) is 2. The topological polar surface area (TPSA) is 82.0 Å². The molecule has 0 fully saturated rings. The molecule has 0 aromatic heterocycles. The summed E-state index contributed by atoms with van der Waals surface area (Å²) in [6, 6.07) is 13.4. The van der Waals surface area contributed by atoms with Crippen molar-refractivity contribution < 1.29 is 14.8 Å². The number of rotatable bonds is 4. The Morgan fingerprint density at radius 2 is 1.65 bits per heavy atom. The highest BCUT2D eigenvalue weighted by atomic mass is 127. The van der Waals surface area contributed by atoms with Crippen LogP contribution in [0.4, 0.5) is 0 Å². The van der Waals surface area contributed by atoms with E-state index >= 15 is 0 Å². The highest BCUT2D eigenvalue weighted by Gasteiger charge is 2.13. The minimum absolute atomic E-state index is 0.252. The van der Waals surface area contributed by atoms with E-state index in [4.69, 9.17) is 5.21 Å². The zero-order chi connectivity index (χ0) is 16.8. The van der Waals surface area contributed by atoms with Crippen molar-refractivity contribution in [3.05, 3.63) is 69.7 Å². The molecule has 23 heavy (non-hydrogen) atoms. The van der Waals surface area contributed by atoms with Gasteiger partial charge < -0.3 is 0 Å². The number of hydrogen-bond donors (Lipinski definition) is 2. The fraction of sp³-hybridized carbons (Fsp3) is 0. The van der Waals surface area contributed by atoms with E-state index in [2.05, 4.69) is 21.0 Å². The van der Waals surface area contributed by atoms with Crippen LogP contribution in [-0.2, 0) is 0 Å². The second-order valence-corrected chi connectivity index (χ2v) is 6.21. The third kappa shape index (κ3) is 4.85. The van der Waals surface area contributed by atoms with E-state index in [9.17, 15) is 9.59 Å². The van der Waals surface area contributed by atoms with Gasteiger partial charge in [0.15, 0.2) is 0 Å². The van der Waals surface area contributed by atoms with Gasteiger partial charge in [-0.1, -0.05) is 28.1 Å². The number of amides is 2. The summed E-state index contributed by atoms with van der Waals surface area (Å²) < 4.78 is 2.14. The Morgan fingerprint density at radius 1 is 1.09 bits per heavy atom. The first kappa shape index (κ1) is 17.6. The molecular weight excluding hydrogens is 477 g/mol. The first-order valence-electron chi connectivity index (χ1n) is 6.35. The van der Waals surface area contributed by atoms with Crippen LogP contribution in [0.5, 0.6) is 0 Å². The molecule has 2 amide bonds. The quantitative estimate of drug-likeness (QED) is 0.228. The number of carbonyl (C=O) groups is 2. The molecule has 0 spiro atoms. The number of carbonyl (C=O) groups excluding carboxylic acids is 2. The predicted octanol–water partition coefficient (Wildman–Crippen LogP) is 3.39. The largest absolute Gasteiger partial charge is 0.288 e. The zero-order valence-corrected chi connectivity index (χ0v) is 15.4. The van der Waals surface area contributed by atoms with Gasteiger partial charge in [-0.15, -0.1) is 0 Å². The molecule has 0 aliphatic carbocycles. The number of nitrogens with one attached hydrogen (secondary N) is 1. The third-order valence-electron chi connectivity index (χ3n) is 2.84. The molecule has 2 aromatic rings. The summed E-state index contributed by atoms with van der Waals surface area (Å²) in [6.07, 6.45) is 1.57. The molecule has 0 atom stereocenters. The van der Waals surface area contributed by atoms with Crippen LogP contribution in [0.1, 0.15) is 26.3 Å². The van der Waals surface area contributed by atoms with Gasteiger partial charge in [0.2, 0.25) is 0 Å². The van der Waals surface area contributed by atoms with E-state index in [0.29, 0.717) is 5.56 Å². The van der Waals surface area contributed by atoms with Crippen LogP contribution >= 0.6 is 38.8 Å². The molecule has 2 aromatic carbocycles. The van der Waals surface area contributed by atoms with E-state index < -0.39 is 5.91 Å². The molecule has 0 bridgehead atoms. The Morgan fingerprint density at radius 3 is 2.22 bits per heavy atom. The number of hydroxylamine groups is 1. The molecule has 6 nitrogen and oxygen atoms in total. The lowest BCUT2D eigenvalue weighted by atomic mass is 10.1. The lowest BCUT2D eigenvalue weighted by Crippen LogP contribution is -2.19. The van der Waals surface area contributed by atoms with Crippen LogP contribution in [-0.4, -0.2) is 26.5 Å². The smallest absolute Gasteiger partial charge is 0.283 e. The van der Waals surface area contributed by atoms with Crippen molar-refractivity contribution in [3.63, 3.8) is 0 Å². The Hall–Kier alpha value is -1.78. The van der Waals surface area contributed by atoms with E-state index in [1.807, 2.05) is 24.3 Å². The minimum atomic E-state index is -0.636. The van der Waals surface area contributed by atoms with Gasteiger partial charge in [0.05, 0.1) is 29.1 Å². The molecule has 2 rings (SSSR count). The first-order valence-corrected chi connectivity index (χ1v) is 8.11. The van der Waals surface area contributed by atoms with Crippen LogP contribution in [0.25, 0.3) is 0 Å². The summed E-state index contributed by atoms with van der Waals surface area (Å²) in [7, 11) is 0. The van der Waals surface area contributed by atoms with Crippen LogP contribution in [0, 0.1) is 0 Å². The molecule has 118 valence electrons. The fourth-order valence-corrected chi connectivity index (χ4v) is 2.32. The molecule has 0 unspecified atom stereocenters. The Balaban J connectivity index is 2.07. The van der Waals surface area contributed by atoms with Crippen molar-refractivity contribution in [3.8, 4) is 0 Å². The second-order valence-electron chi connectivity index (χ2n) is 4.38. The number of halogens is 2. The summed E-state index contributed by atoms with van der Waals surface area (Å²) in [4.78, 5) is 23.4. The maximum atomic E-state index is 12.2. The minimum Gasteiger partial charge on any atom is -0.288 e. The van der Waals surface area contributed by atoms with Gasteiger partial charge in [0.1, 0.15) is 0 Å². The molecule has 0 heterocycles. The highest BCUT2D eigenvalue weighted by Crippen LogP contribution is 2.13. The average Bonchev–Trinajstić information content (AvgIpc) is 2.59. The van der Waals surface area contributed by atoms with E-state index in [0.717, 1.165) is 10.0 Å². The molecule has 0 radical (unpaired) electrons. The van der Waals surface area contributed by atoms with Crippen molar-refractivity contribution in [2.75, 3.05) is 0 Å². The van der Waals surface area contributed by atoms with Crippen LogP contribution < -0.4 is 5.48 Å². The van der Waals surface area contributed by atoms with Crippen molar-refractivity contribution in [2.24, 2.45) is 5.10 Å². The van der Waals surface area contributed by atoms with Gasteiger partial charge in [0.25, 0.3) is 11.8 Å². The third-order valence-corrected chi connectivity index (χ3v) is 4.06. The Kier molecular flexibility index (Phi) is 6.25. The maximum absolute atomic E-state index is 12.2. The van der Waals surface area contributed by atoms with Crippen molar-refractivity contribution >= 4 is 56.8 Å². The SMILES string of the molecule is O=C(NO)c1ccc(C(=O)N(I)/N=C/c2ccc(Br)cc2)cc1. The summed E-state index contributed by atoms with van der Waals surface area (Å²) >= 11 is 5.14. The van der Waals surface area contributed by atoms with Gasteiger partial charge in [-0.05, 0) is 42.0 Å². The van der Waals surface area contributed by atoms with Gasteiger partial charge >= 0.3 is 0 Å².